The van der Waals surface area contributed by atoms with Gasteiger partial charge in [-0.1, -0.05) is 6.42 Å². The molecule has 1 unspecified atom stereocenters. The number of nitrogens with zero attached hydrogens (tertiary/aromatic N) is 1. The molecule has 0 bridgehead atoms. The molecule has 0 saturated carbocycles. The van der Waals surface area contributed by atoms with Crippen molar-refractivity contribution in [2.45, 2.75) is 44.2 Å². The summed E-state index contributed by atoms with van der Waals surface area (Å²) in [6.45, 7) is 2.76. The Balaban J connectivity index is 1.90. The molecular formula is C12H21NO3. The molecule has 2 rings (SSSR count). The Hall–Kier alpha value is -0.610. The minimum atomic E-state index is -0.0855. The van der Waals surface area contributed by atoms with E-state index in [1.54, 1.807) is 0 Å². The smallest absolute Gasteiger partial charge is 0.323 e. The van der Waals surface area contributed by atoms with Crippen molar-refractivity contribution >= 4 is 5.97 Å². The number of carbonyl (C=O) groups is 1. The molecular weight excluding hydrogens is 206 g/mol. The molecule has 4 nitrogen and oxygen atoms in total. The summed E-state index contributed by atoms with van der Waals surface area (Å²) in [5.41, 5.74) is 0. The van der Waals surface area contributed by atoms with E-state index >= 15 is 0 Å². The van der Waals surface area contributed by atoms with Gasteiger partial charge in [0.25, 0.3) is 0 Å². The normalized spacial score (nSPS) is 31.6. The SMILES string of the molecule is COC(=O)[C@H]1CCCCN1CC1CCCO1. The van der Waals surface area contributed by atoms with E-state index in [1.807, 2.05) is 0 Å². The predicted molar refractivity (Wildman–Crippen MR) is 60.2 cm³/mol. The first kappa shape index (κ1) is 11.9. The van der Waals surface area contributed by atoms with Gasteiger partial charge in [-0.3, -0.25) is 9.69 Å². The van der Waals surface area contributed by atoms with E-state index in [2.05, 4.69) is 4.90 Å². The van der Waals surface area contributed by atoms with E-state index in [4.69, 9.17) is 9.47 Å². The lowest BCUT2D eigenvalue weighted by molar-refractivity contribution is -0.149. The molecule has 16 heavy (non-hydrogen) atoms. The van der Waals surface area contributed by atoms with Crippen LogP contribution in [0.5, 0.6) is 0 Å². The second-order valence-corrected chi connectivity index (χ2v) is 4.66. The van der Waals surface area contributed by atoms with Crippen molar-refractivity contribution in [1.82, 2.24) is 4.90 Å². The van der Waals surface area contributed by atoms with Crippen molar-refractivity contribution in [2.75, 3.05) is 26.8 Å². The first-order chi connectivity index (χ1) is 7.81. The third-order valence-corrected chi connectivity index (χ3v) is 3.55. The molecule has 2 saturated heterocycles. The third kappa shape index (κ3) is 2.74. The average Bonchev–Trinajstić information content (AvgIpc) is 2.82. The van der Waals surface area contributed by atoms with Crippen LogP contribution in [0.1, 0.15) is 32.1 Å². The van der Waals surface area contributed by atoms with Crippen LogP contribution in [-0.2, 0) is 14.3 Å². The van der Waals surface area contributed by atoms with Crippen molar-refractivity contribution in [3.05, 3.63) is 0 Å². The van der Waals surface area contributed by atoms with Crippen LogP contribution in [0, 0.1) is 0 Å². The highest BCUT2D eigenvalue weighted by atomic mass is 16.5. The maximum atomic E-state index is 11.6. The molecule has 2 heterocycles. The Morgan fingerprint density at radius 2 is 2.25 bits per heavy atom. The molecule has 0 aromatic heterocycles. The zero-order chi connectivity index (χ0) is 11.4. The number of rotatable bonds is 3. The molecule has 2 aliphatic rings. The van der Waals surface area contributed by atoms with Gasteiger partial charge in [0, 0.05) is 13.2 Å². The van der Waals surface area contributed by atoms with E-state index in [0.29, 0.717) is 6.10 Å². The minimum absolute atomic E-state index is 0.0389. The summed E-state index contributed by atoms with van der Waals surface area (Å²) >= 11 is 0. The summed E-state index contributed by atoms with van der Waals surface area (Å²) in [7, 11) is 1.47. The Morgan fingerprint density at radius 3 is 2.94 bits per heavy atom. The fraction of sp³-hybridized carbons (Fsp3) is 0.917. The fourth-order valence-corrected chi connectivity index (χ4v) is 2.66. The summed E-state index contributed by atoms with van der Waals surface area (Å²) in [5.74, 6) is -0.0855. The number of hydrogen-bond acceptors (Lipinski definition) is 4. The monoisotopic (exact) mass is 227 g/mol. The van der Waals surface area contributed by atoms with Crippen molar-refractivity contribution in [1.29, 1.82) is 0 Å². The number of methoxy groups -OCH3 is 1. The van der Waals surface area contributed by atoms with Crippen LogP contribution >= 0.6 is 0 Å². The highest BCUT2D eigenvalue weighted by Crippen LogP contribution is 2.21. The van der Waals surface area contributed by atoms with Crippen LogP contribution in [-0.4, -0.2) is 49.8 Å². The second kappa shape index (κ2) is 5.64. The molecule has 2 atom stereocenters. The predicted octanol–water partition coefficient (Wildman–Crippen LogP) is 1.19. The fourth-order valence-electron chi connectivity index (χ4n) is 2.66. The van der Waals surface area contributed by atoms with E-state index in [9.17, 15) is 4.79 Å². The molecule has 92 valence electrons. The molecule has 0 aromatic carbocycles. The molecule has 2 fully saturated rings. The van der Waals surface area contributed by atoms with Gasteiger partial charge in [0.15, 0.2) is 0 Å². The first-order valence-electron chi connectivity index (χ1n) is 6.24. The van der Waals surface area contributed by atoms with Gasteiger partial charge < -0.3 is 9.47 Å². The number of piperidine rings is 1. The van der Waals surface area contributed by atoms with Crippen LogP contribution in [0.25, 0.3) is 0 Å². The van der Waals surface area contributed by atoms with Crippen molar-refractivity contribution in [3.8, 4) is 0 Å². The number of likely N-dealkylation sites (tertiary alicyclic amines) is 1. The second-order valence-electron chi connectivity index (χ2n) is 4.66. The van der Waals surface area contributed by atoms with Gasteiger partial charge in [0.05, 0.1) is 13.2 Å². The van der Waals surface area contributed by atoms with E-state index < -0.39 is 0 Å². The summed E-state index contributed by atoms with van der Waals surface area (Å²) in [6.07, 6.45) is 5.85. The summed E-state index contributed by atoms with van der Waals surface area (Å²) in [4.78, 5) is 13.9. The van der Waals surface area contributed by atoms with Gasteiger partial charge >= 0.3 is 5.97 Å². The van der Waals surface area contributed by atoms with Crippen LogP contribution in [0.15, 0.2) is 0 Å². The largest absolute Gasteiger partial charge is 0.468 e. The third-order valence-electron chi connectivity index (χ3n) is 3.55. The van der Waals surface area contributed by atoms with Gasteiger partial charge in [-0.25, -0.2) is 0 Å². The number of ether oxygens (including phenoxy) is 2. The standard InChI is InChI=1S/C12H21NO3/c1-15-12(14)11-6-2-3-7-13(11)9-10-5-4-8-16-10/h10-11H,2-9H2,1H3/t10?,11-/m1/s1. The molecule has 4 heteroatoms. The highest BCUT2D eigenvalue weighted by Gasteiger charge is 2.31. The zero-order valence-corrected chi connectivity index (χ0v) is 9.98. The van der Waals surface area contributed by atoms with Crippen LogP contribution in [0.2, 0.25) is 0 Å². The van der Waals surface area contributed by atoms with Gasteiger partial charge in [-0.15, -0.1) is 0 Å². The van der Waals surface area contributed by atoms with Crippen molar-refractivity contribution in [3.63, 3.8) is 0 Å². The first-order valence-corrected chi connectivity index (χ1v) is 6.24. The Labute approximate surface area is 96.9 Å². The highest BCUT2D eigenvalue weighted by molar-refractivity contribution is 5.75. The Bertz CT molecular complexity index is 238. The van der Waals surface area contributed by atoms with E-state index in [-0.39, 0.29) is 12.0 Å². The van der Waals surface area contributed by atoms with Crippen molar-refractivity contribution in [2.24, 2.45) is 0 Å². The van der Waals surface area contributed by atoms with Gasteiger partial charge in [-0.05, 0) is 32.2 Å². The number of carbonyl (C=O) groups excluding carboxylic acids is 1. The number of hydrogen-bond donors (Lipinski definition) is 0. The topological polar surface area (TPSA) is 38.8 Å². The van der Waals surface area contributed by atoms with Gasteiger partial charge in [0.1, 0.15) is 6.04 Å². The maximum Gasteiger partial charge on any atom is 0.323 e. The zero-order valence-electron chi connectivity index (χ0n) is 9.98. The Kier molecular flexibility index (Phi) is 4.18. The molecule has 0 radical (unpaired) electrons. The van der Waals surface area contributed by atoms with Gasteiger partial charge in [0.2, 0.25) is 0 Å². The van der Waals surface area contributed by atoms with Crippen LogP contribution < -0.4 is 0 Å². The maximum absolute atomic E-state index is 11.6. The lowest BCUT2D eigenvalue weighted by Gasteiger charge is -2.35. The van der Waals surface area contributed by atoms with E-state index in [1.165, 1.54) is 13.5 Å². The van der Waals surface area contributed by atoms with E-state index in [0.717, 1.165) is 45.4 Å². The molecule has 0 N–H and O–H groups in total. The average molecular weight is 227 g/mol. The molecule has 0 aromatic rings. The molecule has 0 aliphatic carbocycles. The van der Waals surface area contributed by atoms with Crippen LogP contribution in [0.3, 0.4) is 0 Å². The van der Waals surface area contributed by atoms with Crippen molar-refractivity contribution < 1.29 is 14.3 Å². The quantitative estimate of drug-likeness (QED) is 0.679. The summed E-state index contributed by atoms with van der Waals surface area (Å²) in [5, 5.41) is 0. The summed E-state index contributed by atoms with van der Waals surface area (Å²) in [6, 6.07) is -0.0389. The molecule has 2 aliphatic heterocycles. The molecule has 0 spiro atoms. The van der Waals surface area contributed by atoms with Crippen LogP contribution in [0.4, 0.5) is 0 Å². The Morgan fingerprint density at radius 1 is 1.38 bits per heavy atom. The minimum Gasteiger partial charge on any atom is -0.468 e. The van der Waals surface area contributed by atoms with Gasteiger partial charge in [-0.2, -0.15) is 0 Å². The summed E-state index contributed by atoms with van der Waals surface area (Å²) < 4.78 is 10.5. The lowest BCUT2D eigenvalue weighted by Crippen LogP contribution is -2.48. The lowest BCUT2D eigenvalue weighted by atomic mass is 10.0. The molecule has 0 amide bonds. The number of esters is 1.